The van der Waals surface area contributed by atoms with Gasteiger partial charge in [0.15, 0.2) is 5.65 Å². The number of aromatic nitrogens is 4. The molecule has 2 fully saturated rings. The summed E-state index contributed by atoms with van der Waals surface area (Å²) in [6.45, 7) is 1.49. The van der Waals surface area contributed by atoms with E-state index in [-0.39, 0.29) is 0 Å². The van der Waals surface area contributed by atoms with Crippen LogP contribution < -0.4 is 0 Å². The minimum Gasteiger partial charge on any atom is -0.381 e. The van der Waals surface area contributed by atoms with Gasteiger partial charge in [0.2, 0.25) is 0 Å². The van der Waals surface area contributed by atoms with Crippen LogP contribution in [0.2, 0.25) is 0 Å². The molecule has 0 bridgehead atoms. The van der Waals surface area contributed by atoms with Crippen molar-refractivity contribution in [1.82, 2.24) is 19.7 Å². The highest BCUT2D eigenvalue weighted by molar-refractivity contribution is 8.16. The molecule has 2 aliphatic rings. The second-order valence-electron chi connectivity index (χ2n) is 8.20. The smallest absolute Gasteiger partial charge is 0.181 e. The third kappa shape index (κ3) is 4.45. The van der Waals surface area contributed by atoms with Crippen molar-refractivity contribution in [1.29, 1.82) is 5.26 Å². The van der Waals surface area contributed by atoms with Crippen LogP contribution >= 0.6 is 23.5 Å². The van der Waals surface area contributed by atoms with Crippen molar-refractivity contribution in [2.24, 2.45) is 7.05 Å². The lowest BCUT2D eigenvalue weighted by atomic mass is 9.88. The molecule has 5 rings (SSSR count). The lowest BCUT2D eigenvalue weighted by Gasteiger charge is -2.25. The van der Waals surface area contributed by atoms with Crippen LogP contribution in [-0.2, 0) is 11.8 Å². The standard InChI is InChI=1S/C23H25N5OS2/c1-28-13-17-9-16(12-25-22(17)27-28)21-10-19(15-5-7-29-8-6-15)20(11-24)23(26-21)31-14-30-18-3-2-4-18/h9-10,12-13,15,18H,2-8,14H2,1H3. The van der Waals surface area contributed by atoms with E-state index in [1.54, 1.807) is 16.4 Å². The fraction of sp³-hybridized carbons (Fsp3) is 0.478. The molecule has 0 amide bonds. The average Bonchev–Trinajstić information content (AvgIpc) is 3.14. The maximum absolute atomic E-state index is 10.0. The number of aryl methyl sites for hydroxylation is 1. The molecule has 1 saturated heterocycles. The van der Waals surface area contributed by atoms with Crippen LogP contribution in [0.4, 0.5) is 0 Å². The van der Waals surface area contributed by atoms with Gasteiger partial charge in [0, 0.05) is 53.9 Å². The molecular formula is C23H25N5OS2. The van der Waals surface area contributed by atoms with Crippen LogP contribution in [-0.4, -0.2) is 43.3 Å². The Morgan fingerprint density at radius 2 is 2.06 bits per heavy atom. The van der Waals surface area contributed by atoms with Crippen molar-refractivity contribution in [2.75, 3.05) is 18.3 Å². The summed E-state index contributed by atoms with van der Waals surface area (Å²) in [7, 11) is 1.90. The summed E-state index contributed by atoms with van der Waals surface area (Å²) in [5.41, 5.74) is 4.43. The first-order valence-electron chi connectivity index (χ1n) is 10.8. The molecule has 1 saturated carbocycles. The topological polar surface area (TPSA) is 76.6 Å². The van der Waals surface area contributed by atoms with Gasteiger partial charge >= 0.3 is 0 Å². The van der Waals surface area contributed by atoms with Gasteiger partial charge in [-0.2, -0.15) is 10.4 Å². The van der Waals surface area contributed by atoms with Crippen molar-refractivity contribution in [3.05, 3.63) is 35.7 Å². The van der Waals surface area contributed by atoms with E-state index in [1.807, 2.05) is 31.2 Å². The number of fused-ring (bicyclic) bond motifs is 1. The van der Waals surface area contributed by atoms with Gasteiger partial charge in [-0.3, -0.25) is 4.68 Å². The maximum Gasteiger partial charge on any atom is 0.181 e. The van der Waals surface area contributed by atoms with Crippen molar-refractivity contribution < 1.29 is 4.74 Å². The molecule has 8 heteroatoms. The Morgan fingerprint density at radius 1 is 1.23 bits per heavy atom. The number of hydrogen-bond acceptors (Lipinski definition) is 7. The molecule has 160 valence electrons. The van der Waals surface area contributed by atoms with E-state index < -0.39 is 0 Å². The SMILES string of the molecule is Cn1cc2cc(-c3cc(C4CCOCC4)c(C#N)c(SCSC4CCC4)n3)cnc2n1. The first-order valence-corrected chi connectivity index (χ1v) is 12.8. The molecule has 0 spiro atoms. The zero-order chi connectivity index (χ0) is 21.2. The van der Waals surface area contributed by atoms with Crippen LogP contribution in [0.25, 0.3) is 22.3 Å². The second kappa shape index (κ2) is 9.19. The van der Waals surface area contributed by atoms with Gasteiger partial charge in [-0.25, -0.2) is 9.97 Å². The Hall–Kier alpha value is -2.08. The number of nitriles is 1. The van der Waals surface area contributed by atoms with Gasteiger partial charge in [-0.05, 0) is 49.3 Å². The predicted octanol–water partition coefficient (Wildman–Crippen LogP) is 5.13. The molecule has 4 heterocycles. The van der Waals surface area contributed by atoms with Gasteiger partial charge in [-0.1, -0.05) is 18.2 Å². The highest BCUT2D eigenvalue weighted by Crippen LogP contribution is 2.39. The van der Waals surface area contributed by atoms with Crippen molar-refractivity contribution in [2.45, 2.75) is 48.3 Å². The average molecular weight is 452 g/mol. The third-order valence-corrected chi connectivity index (χ3v) is 8.64. The zero-order valence-electron chi connectivity index (χ0n) is 17.6. The Morgan fingerprint density at radius 3 is 2.81 bits per heavy atom. The Balaban J connectivity index is 1.53. The number of pyridine rings is 2. The lowest BCUT2D eigenvalue weighted by molar-refractivity contribution is 0.0852. The highest BCUT2D eigenvalue weighted by atomic mass is 32.2. The van der Waals surface area contributed by atoms with Crippen LogP contribution in [0.1, 0.15) is 49.1 Å². The molecule has 3 aromatic heterocycles. The summed E-state index contributed by atoms with van der Waals surface area (Å²) < 4.78 is 7.35. The van der Waals surface area contributed by atoms with Gasteiger partial charge in [0.25, 0.3) is 0 Å². The summed E-state index contributed by atoms with van der Waals surface area (Å²) in [6.07, 6.45) is 9.67. The summed E-state index contributed by atoms with van der Waals surface area (Å²) in [6, 6.07) is 6.68. The Bertz CT molecular complexity index is 1130. The maximum atomic E-state index is 10.0. The van der Waals surface area contributed by atoms with Crippen molar-refractivity contribution >= 4 is 34.6 Å². The lowest BCUT2D eigenvalue weighted by Crippen LogP contribution is -2.16. The van der Waals surface area contributed by atoms with Crippen molar-refractivity contribution in [3.63, 3.8) is 0 Å². The van der Waals surface area contributed by atoms with Gasteiger partial charge in [-0.15, -0.1) is 11.8 Å². The fourth-order valence-corrected chi connectivity index (χ4v) is 6.76. The summed E-state index contributed by atoms with van der Waals surface area (Å²) >= 11 is 3.70. The molecule has 1 aliphatic heterocycles. The van der Waals surface area contributed by atoms with Crippen LogP contribution in [0, 0.1) is 11.3 Å². The molecule has 0 aromatic carbocycles. The third-order valence-electron chi connectivity index (χ3n) is 6.11. The van der Waals surface area contributed by atoms with E-state index in [0.29, 0.717) is 5.92 Å². The van der Waals surface area contributed by atoms with Gasteiger partial charge in [0.05, 0.1) is 11.3 Å². The van der Waals surface area contributed by atoms with Crippen LogP contribution in [0.15, 0.2) is 29.6 Å². The number of hydrogen-bond donors (Lipinski definition) is 0. The molecule has 0 unspecified atom stereocenters. The number of nitrogens with zero attached hydrogens (tertiary/aromatic N) is 5. The number of thioether (sulfide) groups is 2. The normalized spacial score (nSPS) is 17.5. The number of ether oxygens (including phenoxy) is 1. The Labute approximate surface area is 190 Å². The van der Waals surface area contributed by atoms with E-state index in [0.717, 1.165) is 74.8 Å². The predicted molar refractivity (Wildman–Crippen MR) is 125 cm³/mol. The van der Waals surface area contributed by atoms with Gasteiger partial charge < -0.3 is 4.74 Å². The monoisotopic (exact) mass is 451 g/mol. The first-order chi connectivity index (χ1) is 15.2. The summed E-state index contributed by atoms with van der Waals surface area (Å²) in [4.78, 5) is 9.48. The molecular weight excluding hydrogens is 426 g/mol. The summed E-state index contributed by atoms with van der Waals surface area (Å²) in [5, 5.41) is 18.0. The molecule has 0 atom stereocenters. The molecule has 0 N–H and O–H groups in total. The summed E-state index contributed by atoms with van der Waals surface area (Å²) in [5.74, 6) is 0.332. The minimum absolute atomic E-state index is 0.332. The molecule has 1 aliphatic carbocycles. The van der Waals surface area contributed by atoms with E-state index in [2.05, 4.69) is 28.3 Å². The molecule has 31 heavy (non-hydrogen) atoms. The van der Waals surface area contributed by atoms with Crippen molar-refractivity contribution in [3.8, 4) is 17.3 Å². The molecule has 0 radical (unpaired) electrons. The van der Waals surface area contributed by atoms with E-state index in [1.165, 1.54) is 19.3 Å². The number of rotatable bonds is 6. The fourth-order valence-electron chi connectivity index (χ4n) is 4.13. The molecule has 3 aromatic rings. The zero-order valence-corrected chi connectivity index (χ0v) is 19.2. The highest BCUT2D eigenvalue weighted by Gasteiger charge is 2.24. The first kappa shape index (κ1) is 20.8. The van der Waals surface area contributed by atoms with E-state index in [9.17, 15) is 5.26 Å². The Kier molecular flexibility index (Phi) is 6.17. The van der Waals surface area contributed by atoms with E-state index in [4.69, 9.17) is 9.72 Å². The van der Waals surface area contributed by atoms with Gasteiger partial charge in [0.1, 0.15) is 11.1 Å². The van der Waals surface area contributed by atoms with Crippen LogP contribution in [0.5, 0.6) is 0 Å². The molecule has 6 nitrogen and oxygen atoms in total. The van der Waals surface area contributed by atoms with E-state index >= 15 is 0 Å². The largest absolute Gasteiger partial charge is 0.381 e. The second-order valence-corrected chi connectivity index (χ2v) is 10.8. The minimum atomic E-state index is 0.332. The van der Waals surface area contributed by atoms with Crippen LogP contribution in [0.3, 0.4) is 0 Å². The quantitative estimate of drug-likeness (QED) is 0.380.